The molecule has 92 valence electrons. The van der Waals surface area contributed by atoms with Gasteiger partial charge in [0.25, 0.3) is 6.43 Å². The first-order valence-corrected chi connectivity index (χ1v) is 5.03. The van der Waals surface area contributed by atoms with Crippen molar-refractivity contribution in [3.8, 4) is 11.4 Å². The quantitative estimate of drug-likeness (QED) is 0.909. The molecule has 0 amide bonds. The highest BCUT2D eigenvalue weighted by Crippen LogP contribution is 2.23. The number of hydrogen-bond donors (Lipinski definition) is 1. The number of carboxylic acids is 1. The van der Waals surface area contributed by atoms with Gasteiger partial charge in [0.15, 0.2) is 5.82 Å². The molecule has 0 spiro atoms. The van der Waals surface area contributed by atoms with Crippen LogP contribution in [-0.4, -0.2) is 21.0 Å². The second-order valence-corrected chi connectivity index (χ2v) is 3.46. The Balaban J connectivity index is 2.54. The highest BCUT2D eigenvalue weighted by Gasteiger charge is 2.21. The van der Waals surface area contributed by atoms with Crippen LogP contribution in [0.15, 0.2) is 36.5 Å². The van der Waals surface area contributed by atoms with E-state index < -0.39 is 23.7 Å². The summed E-state index contributed by atoms with van der Waals surface area (Å²) in [4.78, 5) is 18.2. The molecule has 0 atom stereocenters. The molecule has 0 aliphatic rings. The van der Waals surface area contributed by atoms with Crippen LogP contribution >= 0.6 is 0 Å². The van der Waals surface area contributed by atoms with Crippen molar-refractivity contribution in [2.45, 2.75) is 6.43 Å². The zero-order valence-electron chi connectivity index (χ0n) is 9.05. The van der Waals surface area contributed by atoms with Gasteiger partial charge in [-0.3, -0.25) is 0 Å². The number of carbonyl (C=O) groups is 1. The first kappa shape index (κ1) is 12.1. The van der Waals surface area contributed by atoms with Crippen molar-refractivity contribution in [3.63, 3.8) is 0 Å². The Morgan fingerprint density at radius 2 is 1.89 bits per heavy atom. The van der Waals surface area contributed by atoms with Gasteiger partial charge in [-0.15, -0.1) is 0 Å². The Morgan fingerprint density at radius 1 is 1.22 bits per heavy atom. The molecular formula is C12H8F2N2O2. The lowest BCUT2D eigenvalue weighted by Crippen LogP contribution is -2.07. The maximum Gasteiger partial charge on any atom is 0.339 e. The zero-order valence-corrected chi connectivity index (χ0v) is 9.05. The number of nitrogens with zero attached hydrogens (tertiary/aromatic N) is 2. The largest absolute Gasteiger partial charge is 0.478 e. The van der Waals surface area contributed by atoms with Crippen molar-refractivity contribution in [2.24, 2.45) is 0 Å². The standard InChI is InChI=1S/C12H8F2N2O2/c13-10(14)9-8(12(17)18)6-15-11(16-9)7-4-2-1-3-5-7/h1-6,10H,(H,17,18). The minimum atomic E-state index is -2.96. The van der Waals surface area contributed by atoms with Crippen LogP contribution in [0.4, 0.5) is 8.78 Å². The van der Waals surface area contributed by atoms with Gasteiger partial charge in [0.1, 0.15) is 11.3 Å². The second-order valence-electron chi connectivity index (χ2n) is 3.46. The molecule has 0 aliphatic carbocycles. The van der Waals surface area contributed by atoms with E-state index in [9.17, 15) is 13.6 Å². The van der Waals surface area contributed by atoms with Gasteiger partial charge in [0, 0.05) is 11.8 Å². The Morgan fingerprint density at radius 3 is 2.44 bits per heavy atom. The maximum atomic E-state index is 12.7. The molecule has 0 fully saturated rings. The third-order valence-electron chi connectivity index (χ3n) is 2.29. The molecule has 1 N–H and O–H groups in total. The summed E-state index contributed by atoms with van der Waals surface area (Å²) >= 11 is 0. The van der Waals surface area contributed by atoms with Gasteiger partial charge in [-0.25, -0.2) is 23.5 Å². The molecular weight excluding hydrogens is 242 g/mol. The second kappa shape index (κ2) is 4.87. The lowest BCUT2D eigenvalue weighted by Gasteiger charge is -2.06. The third-order valence-corrected chi connectivity index (χ3v) is 2.29. The number of halogens is 2. The van der Waals surface area contributed by atoms with Crippen LogP contribution in [0.25, 0.3) is 11.4 Å². The molecule has 6 heteroatoms. The van der Waals surface area contributed by atoms with Gasteiger partial charge < -0.3 is 5.11 Å². The molecule has 0 radical (unpaired) electrons. The zero-order chi connectivity index (χ0) is 13.1. The first-order valence-electron chi connectivity index (χ1n) is 5.03. The van der Waals surface area contributed by atoms with Gasteiger partial charge in [-0.1, -0.05) is 30.3 Å². The molecule has 2 rings (SSSR count). The van der Waals surface area contributed by atoms with E-state index in [0.717, 1.165) is 6.20 Å². The molecule has 0 unspecified atom stereocenters. The van der Waals surface area contributed by atoms with Crippen LogP contribution in [0.1, 0.15) is 22.5 Å². The molecule has 0 aliphatic heterocycles. The molecule has 2 aromatic rings. The van der Waals surface area contributed by atoms with Crippen molar-refractivity contribution >= 4 is 5.97 Å². The van der Waals surface area contributed by atoms with E-state index in [4.69, 9.17) is 5.11 Å². The third kappa shape index (κ3) is 2.32. The van der Waals surface area contributed by atoms with Crippen LogP contribution in [0.5, 0.6) is 0 Å². The van der Waals surface area contributed by atoms with Crippen LogP contribution in [0.2, 0.25) is 0 Å². The van der Waals surface area contributed by atoms with E-state index in [1.54, 1.807) is 30.3 Å². The number of hydrogen-bond acceptors (Lipinski definition) is 3. The highest BCUT2D eigenvalue weighted by molar-refractivity contribution is 5.88. The monoisotopic (exact) mass is 250 g/mol. The predicted octanol–water partition coefficient (Wildman–Crippen LogP) is 2.78. The van der Waals surface area contributed by atoms with E-state index in [0.29, 0.717) is 5.56 Å². The molecule has 1 aromatic carbocycles. The topological polar surface area (TPSA) is 63.1 Å². The van der Waals surface area contributed by atoms with E-state index in [-0.39, 0.29) is 5.82 Å². The fraction of sp³-hybridized carbons (Fsp3) is 0.0833. The molecule has 1 aromatic heterocycles. The normalized spacial score (nSPS) is 10.6. The number of rotatable bonds is 3. The summed E-state index contributed by atoms with van der Waals surface area (Å²) in [6.45, 7) is 0. The minimum Gasteiger partial charge on any atom is -0.478 e. The van der Waals surface area contributed by atoms with Crippen molar-refractivity contribution < 1.29 is 18.7 Å². The summed E-state index contributed by atoms with van der Waals surface area (Å²) < 4.78 is 25.5. The SMILES string of the molecule is O=C(O)c1cnc(-c2ccccc2)nc1C(F)F. The average Bonchev–Trinajstić information content (AvgIpc) is 2.39. The van der Waals surface area contributed by atoms with Gasteiger partial charge in [-0.05, 0) is 0 Å². The molecule has 0 saturated carbocycles. The average molecular weight is 250 g/mol. The number of alkyl halides is 2. The van der Waals surface area contributed by atoms with Crippen LogP contribution in [0, 0.1) is 0 Å². The van der Waals surface area contributed by atoms with Crippen molar-refractivity contribution in [1.82, 2.24) is 9.97 Å². The van der Waals surface area contributed by atoms with Crippen LogP contribution in [-0.2, 0) is 0 Å². The van der Waals surface area contributed by atoms with Crippen molar-refractivity contribution in [1.29, 1.82) is 0 Å². The first-order chi connectivity index (χ1) is 8.59. The number of aromatic nitrogens is 2. The highest BCUT2D eigenvalue weighted by atomic mass is 19.3. The van der Waals surface area contributed by atoms with Crippen LogP contribution < -0.4 is 0 Å². The fourth-order valence-corrected chi connectivity index (χ4v) is 1.45. The lowest BCUT2D eigenvalue weighted by molar-refractivity contribution is 0.0681. The Kier molecular flexibility index (Phi) is 3.27. The van der Waals surface area contributed by atoms with Crippen molar-refractivity contribution in [3.05, 3.63) is 47.8 Å². The summed E-state index contributed by atoms with van der Waals surface area (Å²) in [5, 5.41) is 8.76. The Hall–Kier alpha value is -2.37. The summed E-state index contributed by atoms with van der Waals surface area (Å²) in [6, 6.07) is 8.51. The van der Waals surface area contributed by atoms with E-state index in [2.05, 4.69) is 9.97 Å². The summed E-state index contributed by atoms with van der Waals surface area (Å²) in [5.74, 6) is -1.39. The maximum absolute atomic E-state index is 12.7. The lowest BCUT2D eigenvalue weighted by atomic mass is 10.2. The van der Waals surface area contributed by atoms with Crippen LogP contribution in [0.3, 0.4) is 0 Å². The predicted molar refractivity (Wildman–Crippen MR) is 59.4 cm³/mol. The van der Waals surface area contributed by atoms with E-state index >= 15 is 0 Å². The van der Waals surface area contributed by atoms with Gasteiger partial charge in [0.05, 0.1) is 0 Å². The smallest absolute Gasteiger partial charge is 0.339 e. The number of aromatic carboxylic acids is 1. The Bertz CT molecular complexity index is 574. The molecule has 0 bridgehead atoms. The number of benzene rings is 1. The minimum absolute atomic E-state index is 0.0795. The Labute approximate surface area is 101 Å². The molecule has 4 nitrogen and oxygen atoms in total. The summed E-state index contributed by atoms with van der Waals surface area (Å²) in [5.41, 5.74) is -0.794. The van der Waals surface area contributed by atoms with Gasteiger partial charge in [-0.2, -0.15) is 0 Å². The molecule has 1 heterocycles. The molecule has 18 heavy (non-hydrogen) atoms. The summed E-state index contributed by atoms with van der Waals surface area (Å²) in [6.07, 6.45) is -2.05. The molecule has 0 saturated heterocycles. The number of carboxylic acid groups (broad SMARTS) is 1. The van der Waals surface area contributed by atoms with E-state index in [1.807, 2.05) is 0 Å². The fourth-order valence-electron chi connectivity index (χ4n) is 1.45. The van der Waals surface area contributed by atoms with Crippen molar-refractivity contribution in [2.75, 3.05) is 0 Å². The van der Waals surface area contributed by atoms with Gasteiger partial charge in [0.2, 0.25) is 0 Å². The van der Waals surface area contributed by atoms with E-state index in [1.165, 1.54) is 0 Å². The van der Waals surface area contributed by atoms with Gasteiger partial charge >= 0.3 is 5.97 Å². The summed E-state index contributed by atoms with van der Waals surface area (Å²) in [7, 11) is 0.